The van der Waals surface area contributed by atoms with Crippen LogP contribution in [0.4, 0.5) is 0 Å². The maximum atomic E-state index is 5.24. The molecule has 2 nitrogen and oxygen atoms in total. The lowest BCUT2D eigenvalue weighted by molar-refractivity contribution is 1.18. The van der Waals surface area contributed by atoms with Gasteiger partial charge in [0.1, 0.15) is 0 Å². The predicted octanol–water partition coefficient (Wildman–Crippen LogP) is 16.1. The van der Waals surface area contributed by atoms with Crippen molar-refractivity contribution in [3.05, 3.63) is 243 Å². The predicted molar refractivity (Wildman–Crippen MR) is 261 cm³/mol. The van der Waals surface area contributed by atoms with E-state index in [-0.39, 0.29) is 0 Å². The first-order valence-corrected chi connectivity index (χ1v) is 21.1. The zero-order valence-electron chi connectivity index (χ0n) is 34.0. The highest BCUT2D eigenvalue weighted by atomic mass is 14.9. The highest BCUT2D eigenvalue weighted by molar-refractivity contribution is 6.22. The van der Waals surface area contributed by atoms with Crippen molar-refractivity contribution in [2.75, 3.05) is 0 Å². The average Bonchev–Trinajstić information content (AvgIpc) is 3.36. The quantitative estimate of drug-likeness (QED) is 0.143. The van der Waals surface area contributed by atoms with Crippen molar-refractivity contribution in [1.82, 2.24) is 9.97 Å². The van der Waals surface area contributed by atoms with E-state index in [1.54, 1.807) is 0 Å². The Morgan fingerprint density at radius 2 is 0.532 bits per heavy atom. The molecule has 10 aromatic carbocycles. The Hall–Kier alpha value is -8.20. The Bertz CT molecular complexity index is 3000. The molecular weight excluding hydrogens is 749 g/mol. The van der Waals surface area contributed by atoms with Crippen LogP contribution in [0, 0.1) is 0 Å². The van der Waals surface area contributed by atoms with Gasteiger partial charge in [-0.3, -0.25) is 0 Å². The van der Waals surface area contributed by atoms with E-state index in [2.05, 4.69) is 218 Å². The molecule has 0 fully saturated rings. The van der Waals surface area contributed by atoms with Gasteiger partial charge in [0.05, 0.1) is 11.4 Å². The van der Waals surface area contributed by atoms with Crippen molar-refractivity contribution < 1.29 is 0 Å². The van der Waals surface area contributed by atoms with Gasteiger partial charge in [0.2, 0.25) is 0 Å². The van der Waals surface area contributed by atoms with Crippen molar-refractivity contribution in [3.8, 4) is 89.5 Å². The Kier molecular flexibility index (Phi) is 9.57. The zero-order chi connectivity index (χ0) is 41.2. The molecule has 62 heavy (non-hydrogen) atoms. The number of hydrogen-bond donors (Lipinski definition) is 0. The van der Waals surface area contributed by atoms with Crippen molar-refractivity contribution >= 4 is 21.5 Å². The second-order valence-corrected chi connectivity index (χ2v) is 15.7. The average molecular weight is 789 g/mol. The summed E-state index contributed by atoms with van der Waals surface area (Å²) in [5.74, 6) is 0.702. The van der Waals surface area contributed by atoms with Crippen molar-refractivity contribution in [2.24, 2.45) is 0 Å². The number of benzene rings is 10. The molecule has 1 aromatic heterocycles. The second kappa shape index (κ2) is 16.1. The molecule has 0 radical (unpaired) electrons. The maximum absolute atomic E-state index is 5.24. The second-order valence-electron chi connectivity index (χ2n) is 15.7. The lowest BCUT2D eigenvalue weighted by Gasteiger charge is -2.20. The minimum atomic E-state index is 0.702. The van der Waals surface area contributed by atoms with Crippen molar-refractivity contribution in [1.29, 1.82) is 0 Å². The molecule has 0 aliphatic rings. The third-order valence-corrected chi connectivity index (χ3v) is 11.8. The van der Waals surface area contributed by atoms with Crippen LogP contribution < -0.4 is 0 Å². The fourth-order valence-corrected chi connectivity index (χ4v) is 8.86. The summed E-state index contributed by atoms with van der Waals surface area (Å²) in [5, 5.41) is 4.76. The van der Waals surface area contributed by atoms with E-state index < -0.39 is 0 Å². The zero-order valence-corrected chi connectivity index (χ0v) is 34.0. The normalized spacial score (nSPS) is 11.2. The van der Waals surface area contributed by atoms with Gasteiger partial charge < -0.3 is 0 Å². The lowest BCUT2D eigenvalue weighted by Crippen LogP contribution is -1.96. The summed E-state index contributed by atoms with van der Waals surface area (Å²) in [4.78, 5) is 10.3. The molecule has 0 amide bonds. The van der Waals surface area contributed by atoms with Crippen molar-refractivity contribution in [3.63, 3.8) is 0 Å². The fraction of sp³-hybridized carbons (Fsp3) is 0. The molecule has 0 spiro atoms. The molecule has 11 aromatic rings. The fourth-order valence-electron chi connectivity index (χ4n) is 8.86. The molecule has 290 valence electrons. The van der Waals surface area contributed by atoms with E-state index in [1.165, 1.54) is 77.2 Å². The molecule has 0 unspecified atom stereocenters. The monoisotopic (exact) mass is 788 g/mol. The summed E-state index contributed by atoms with van der Waals surface area (Å²) in [7, 11) is 0. The smallest absolute Gasteiger partial charge is 0.160 e. The van der Waals surface area contributed by atoms with Gasteiger partial charge in [0.15, 0.2) is 5.82 Å². The minimum Gasteiger partial charge on any atom is -0.228 e. The van der Waals surface area contributed by atoms with Crippen LogP contribution in [0.15, 0.2) is 243 Å². The first-order chi connectivity index (χ1) is 30.7. The van der Waals surface area contributed by atoms with Gasteiger partial charge in [-0.05, 0) is 114 Å². The van der Waals surface area contributed by atoms with Gasteiger partial charge in [-0.25, -0.2) is 9.97 Å². The summed E-state index contributed by atoms with van der Waals surface area (Å²) in [6.07, 6.45) is 0. The number of aromatic nitrogens is 2. The van der Waals surface area contributed by atoms with Gasteiger partial charge in [-0.15, -0.1) is 0 Å². The van der Waals surface area contributed by atoms with Crippen LogP contribution in [-0.4, -0.2) is 9.97 Å². The van der Waals surface area contributed by atoms with Gasteiger partial charge >= 0.3 is 0 Å². The van der Waals surface area contributed by atoms with E-state index in [0.717, 1.165) is 28.1 Å². The molecule has 0 aliphatic carbocycles. The lowest BCUT2D eigenvalue weighted by atomic mass is 9.83. The largest absolute Gasteiger partial charge is 0.228 e. The van der Waals surface area contributed by atoms with Gasteiger partial charge in [0, 0.05) is 16.7 Å². The standard InChI is InChI=1S/C60H40N2/c1-7-19-41(20-8-1)49-35-50(42-21-9-2-10-22-42)37-51(36-49)47-31-33-52-54(38-47)58(44-25-13-4-14-26-44)53-34-32-48(39-55(53)59(52)45-27-15-5-16-28-45)57-40-56(43-23-11-3-12-24-43)61-60(62-57)46-29-17-6-18-30-46/h1-40H. The molecule has 0 saturated heterocycles. The number of nitrogens with zero attached hydrogens (tertiary/aromatic N) is 2. The van der Waals surface area contributed by atoms with E-state index in [9.17, 15) is 0 Å². The van der Waals surface area contributed by atoms with Crippen LogP contribution in [0.5, 0.6) is 0 Å². The van der Waals surface area contributed by atoms with E-state index >= 15 is 0 Å². The molecule has 0 bridgehead atoms. The molecule has 2 heteroatoms. The molecule has 0 saturated carbocycles. The van der Waals surface area contributed by atoms with Crippen LogP contribution in [0.25, 0.3) is 111 Å². The van der Waals surface area contributed by atoms with Crippen LogP contribution in [0.3, 0.4) is 0 Å². The topological polar surface area (TPSA) is 25.8 Å². The summed E-state index contributed by atoms with van der Waals surface area (Å²) in [5.41, 5.74) is 16.7. The van der Waals surface area contributed by atoms with E-state index in [0.29, 0.717) is 5.82 Å². The Balaban J connectivity index is 1.18. The third kappa shape index (κ3) is 7.04. The van der Waals surface area contributed by atoms with Gasteiger partial charge in [-0.1, -0.05) is 206 Å². The summed E-state index contributed by atoms with van der Waals surface area (Å²) in [6, 6.07) is 86.8. The van der Waals surface area contributed by atoms with Crippen LogP contribution in [0.2, 0.25) is 0 Å². The Morgan fingerprint density at radius 3 is 0.984 bits per heavy atom. The van der Waals surface area contributed by atoms with Crippen LogP contribution >= 0.6 is 0 Å². The summed E-state index contributed by atoms with van der Waals surface area (Å²) >= 11 is 0. The molecule has 1 heterocycles. The molecule has 0 aliphatic heterocycles. The Morgan fingerprint density at radius 1 is 0.194 bits per heavy atom. The minimum absolute atomic E-state index is 0.702. The molecule has 11 rings (SSSR count). The first-order valence-electron chi connectivity index (χ1n) is 21.1. The molecule has 0 atom stereocenters. The van der Waals surface area contributed by atoms with Gasteiger partial charge in [0.25, 0.3) is 0 Å². The SMILES string of the molecule is c1ccc(-c2cc(-c3ccccc3)cc(-c3ccc4c(-c5ccccc5)c5cc(-c6cc(-c7ccccc7)nc(-c7ccccc7)n6)ccc5c(-c5ccccc5)c4c3)c2)cc1. The number of hydrogen-bond acceptors (Lipinski definition) is 2. The molecule has 0 N–H and O–H groups in total. The summed E-state index contributed by atoms with van der Waals surface area (Å²) in [6.45, 7) is 0. The Labute approximate surface area is 362 Å². The van der Waals surface area contributed by atoms with Crippen LogP contribution in [0.1, 0.15) is 0 Å². The van der Waals surface area contributed by atoms with E-state index in [1.807, 2.05) is 24.3 Å². The van der Waals surface area contributed by atoms with Crippen LogP contribution in [-0.2, 0) is 0 Å². The number of rotatable bonds is 8. The highest BCUT2D eigenvalue weighted by Gasteiger charge is 2.20. The maximum Gasteiger partial charge on any atom is 0.160 e. The number of fused-ring (bicyclic) bond motifs is 2. The summed E-state index contributed by atoms with van der Waals surface area (Å²) < 4.78 is 0. The molecular formula is C60H40N2. The van der Waals surface area contributed by atoms with E-state index in [4.69, 9.17) is 9.97 Å². The first kappa shape index (κ1) is 36.8. The third-order valence-electron chi connectivity index (χ3n) is 11.8. The highest BCUT2D eigenvalue weighted by Crippen LogP contribution is 2.46. The van der Waals surface area contributed by atoms with Gasteiger partial charge in [-0.2, -0.15) is 0 Å². The van der Waals surface area contributed by atoms with Crippen molar-refractivity contribution in [2.45, 2.75) is 0 Å².